The van der Waals surface area contributed by atoms with Crippen LogP contribution in [0.5, 0.6) is 11.5 Å². The number of aliphatic carboxylic acids is 2. The van der Waals surface area contributed by atoms with E-state index in [0.717, 1.165) is 37.6 Å². The first-order valence-electron chi connectivity index (χ1n) is 8.03. The molecule has 3 N–H and O–H groups in total. The Balaban J connectivity index is 0.000000754. The molecule has 0 bridgehead atoms. The quantitative estimate of drug-likeness (QED) is 0.443. The molecule has 0 fully saturated rings. The third kappa shape index (κ3) is 12.3. The number of nitrogens with one attached hydrogen (secondary N) is 1. The first-order valence-corrected chi connectivity index (χ1v) is 8.03. The summed E-state index contributed by atoms with van der Waals surface area (Å²) in [5.74, 6) is -1.89. The Labute approximate surface area is 142 Å². The van der Waals surface area contributed by atoms with E-state index < -0.39 is 11.9 Å². The van der Waals surface area contributed by atoms with Crippen LogP contribution in [0.3, 0.4) is 0 Å². The molecule has 0 heterocycles. The molecular weight excluding hydrogens is 314 g/mol. The predicted molar refractivity (Wildman–Crippen MR) is 90.8 cm³/mol. The number of carboxylic acid groups (broad SMARTS) is 2. The van der Waals surface area contributed by atoms with Crippen molar-refractivity contribution in [3.63, 3.8) is 0 Å². The Bertz CT molecular complexity index is 466. The molecule has 136 valence electrons. The van der Waals surface area contributed by atoms with Crippen LogP contribution < -0.4 is 14.8 Å². The molecule has 0 spiro atoms. The van der Waals surface area contributed by atoms with Crippen LogP contribution in [0.15, 0.2) is 24.3 Å². The molecule has 0 amide bonds. The van der Waals surface area contributed by atoms with Crippen molar-refractivity contribution in [2.75, 3.05) is 26.3 Å². The smallest absolute Gasteiger partial charge is 0.414 e. The zero-order valence-corrected chi connectivity index (χ0v) is 14.3. The zero-order valence-electron chi connectivity index (χ0n) is 14.3. The number of carboxylic acids is 2. The molecule has 0 aliphatic heterocycles. The van der Waals surface area contributed by atoms with Gasteiger partial charge in [0.05, 0.1) is 13.2 Å². The highest BCUT2D eigenvalue weighted by atomic mass is 16.5. The average Bonchev–Trinajstić information content (AvgIpc) is 2.55. The lowest BCUT2D eigenvalue weighted by molar-refractivity contribution is -0.159. The number of hydrogen-bond acceptors (Lipinski definition) is 5. The van der Waals surface area contributed by atoms with Gasteiger partial charge in [0.1, 0.15) is 11.5 Å². The van der Waals surface area contributed by atoms with Crippen molar-refractivity contribution in [2.24, 2.45) is 0 Å². The lowest BCUT2D eigenvalue weighted by Gasteiger charge is -2.09. The number of rotatable bonds is 10. The minimum atomic E-state index is -1.82. The molecule has 1 rings (SSSR count). The van der Waals surface area contributed by atoms with Crippen LogP contribution in [-0.2, 0) is 9.59 Å². The van der Waals surface area contributed by atoms with E-state index in [9.17, 15) is 0 Å². The van der Waals surface area contributed by atoms with Crippen molar-refractivity contribution in [2.45, 2.75) is 33.1 Å². The second-order valence-electron chi connectivity index (χ2n) is 4.82. The van der Waals surface area contributed by atoms with Gasteiger partial charge in [-0.2, -0.15) is 0 Å². The third-order valence-corrected chi connectivity index (χ3v) is 2.77. The lowest BCUT2D eigenvalue weighted by atomic mass is 10.3. The summed E-state index contributed by atoms with van der Waals surface area (Å²) in [5, 5.41) is 18.2. The Morgan fingerprint density at radius 1 is 1.00 bits per heavy atom. The van der Waals surface area contributed by atoms with Crippen molar-refractivity contribution in [3.8, 4) is 11.5 Å². The molecule has 0 aliphatic rings. The highest BCUT2D eigenvalue weighted by Gasteiger charge is 2.04. The lowest BCUT2D eigenvalue weighted by Crippen LogP contribution is -2.18. The molecule has 0 saturated carbocycles. The fourth-order valence-corrected chi connectivity index (χ4v) is 1.63. The SMILES string of the molecule is CCCCNCCCOc1cccc(OCC)c1.O=C(O)C(=O)O. The minimum Gasteiger partial charge on any atom is -0.494 e. The van der Waals surface area contributed by atoms with Gasteiger partial charge in [0.2, 0.25) is 0 Å². The molecule has 1 aromatic carbocycles. The molecule has 0 atom stereocenters. The Kier molecular flexibility index (Phi) is 13.0. The summed E-state index contributed by atoms with van der Waals surface area (Å²) in [6, 6.07) is 7.81. The van der Waals surface area contributed by atoms with Gasteiger partial charge in [-0.1, -0.05) is 19.4 Å². The summed E-state index contributed by atoms with van der Waals surface area (Å²) in [5.41, 5.74) is 0. The van der Waals surface area contributed by atoms with E-state index in [1.807, 2.05) is 31.2 Å². The summed E-state index contributed by atoms with van der Waals surface area (Å²) in [7, 11) is 0. The van der Waals surface area contributed by atoms with Gasteiger partial charge in [-0.05, 0) is 45.0 Å². The largest absolute Gasteiger partial charge is 0.494 e. The van der Waals surface area contributed by atoms with Gasteiger partial charge >= 0.3 is 11.9 Å². The molecule has 0 aromatic heterocycles. The van der Waals surface area contributed by atoms with Gasteiger partial charge in [0.25, 0.3) is 0 Å². The fraction of sp³-hybridized carbons (Fsp3) is 0.529. The van der Waals surface area contributed by atoms with Gasteiger partial charge in [-0.25, -0.2) is 9.59 Å². The number of hydrogen-bond donors (Lipinski definition) is 3. The van der Waals surface area contributed by atoms with E-state index in [4.69, 9.17) is 29.3 Å². The topological polar surface area (TPSA) is 105 Å². The van der Waals surface area contributed by atoms with Gasteiger partial charge in [-0.15, -0.1) is 0 Å². The van der Waals surface area contributed by atoms with E-state index in [0.29, 0.717) is 6.61 Å². The number of unbranched alkanes of at least 4 members (excludes halogenated alkanes) is 1. The monoisotopic (exact) mass is 341 g/mol. The van der Waals surface area contributed by atoms with Crippen molar-refractivity contribution < 1.29 is 29.3 Å². The van der Waals surface area contributed by atoms with Crippen molar-refractivity contribution >= 4 is 11.9 Å². The fourth-order valence-electron chi connectivity index (χ4n) is 1.63. The maximum atomic E-state index is 9.10. The van der Waals surface area contributed by atoms with Crippen LogP contribution in [0, 0.1) is 0 Å². The zero-order chi connectivity index (χ0) is 18.2. The van der Waals surface area contributed by atoms with Gasteiger partial charge in [0.15, 0.2) is 0 Å². The van der Waals surface area contributed by atoms with Crippen LogP contribution >= 0.6 is 0 Å². The Morgan fingerprint density at radius 2 is 1.58 bits per heavy atom. The van der Waals surface area contributed by atoms with Gasteiger partial charge in [0, 0.05) is 6.07 Å². The molecule has 0 aliphatic carbocycles. The predicted octanol–water partition coefficient (Wildman–Crippen LogP) is 2.40. The van der Waals surface area contributed by atoms with Crippen LogP contribution in [0.2, 0.25) is 0 Å². The van der Waals surface area contributed by atoms with E-state index in [1.165, 1.54) is 12.8 Å². The molecule has 0 unspecified atom stereocenters. The Morgan fingerprint density at radius 3 is 2.12 bits per heavy atom. The molecule has 1 aromatic rings. The normalized spacial score (nSPS) is 9.58. The molecular formula is C17H27NO6. The molecule has 0 radical (unpaired) electrons. The summed E-state index contributed by atoms with van der Waals surface area (Å²) in [6.07, 6.45) is 3.52. The number of benzene rings is 1. The molecule has 7 nitrogen and oxygen atoms in total. The van der Waals surface area contributed by atoms with Crippen LogP contribution in [0.4, 0.5) is 0 Å². The van der Waals surface area contributed by atoms with Crippen molar-refractivity contribution in [3.05, 3.63) is 24.3 Å². The van der Waals surface area contributed by atoms with Crippen LogP contribution in [0.25, 0.3) is 0 Å². The summed E-state index contributed by atoms with van der Waals surface area (Å²) in [6.45, 7) is 7.74. The minimum absolute atomic E-state index is 0.685. The number of ether oxygens (including phenoxy) is 2. The Hall–Kier alpha value is -2.28. The summed E-state index contributed by atoms with van der Waals surface area (Å²) >= 11 is 0. The second-order valence-corrected chi connectivity index (χ2v) is 4.82. The number of carbonyl (C=O) groups is 2. The average molecular weight is 341 g/mol. The first-order chi connectivity index (χ1) is 11.5. The maximum absolute atomic E-state index is 9.10. The highest BCUT2D eigenvalue weighted by Crippen LogP contribution is 2.19. The first kappa shape index (κ1) is 21.7. The third-order valence-electron chi connectivity index (χ3n) is 2.77. The van der Waals surface area contributed by atoms with Crippen molar-refractivity contribution in [1.82, 2.24) is 5.32 Å². The van der Waals surface area contributed by atoms with E-state index >= 15 is 0 Å². The van der Waals surface area contributed by atoms with E-state index in [2.05, 4.69) is 12.2 Å². The van der Waals surface area contributed by atoms with Gasteiger partial charge < -0.3 is 25.0 Å². The molecule has 7 heteroatoms. The highest BCUT2D eigenvalue weighted by molar-refractivity contribution is 6.27. The summed E-state index contributed by atoms with van der Waals surface area (Å²) < 4.78 is 11.1. The molecule has 0 saturated heterocycles. The second kappa shape index (κ2) is 14.3. The van der Waals surface area contributed by atoms with E-state index in [1.54, 1.807) is 0 Å². The van der Waals surface area contributed by atoms with E-state index in [-0.39, 0.29) is 0 Å². The summed E-state index contributed by atoms with van der Waals surface area (Å²) in [4.78, 5) is 18.2. The maximum Gasteiger partial charge on any atom is 0.414 e. The van der Waals surface area contributed by atoms with Crippen LogP contribution in [-0.4, -0.2) is 48.5 Å². The van der Waals surface area contributed by atoms with Crippen LogP contribution in [0.1, 0.15) is 33.1 Å². The molecule has 24 heavy (non-hydrogen) atoms. The standard InChI is InChI=1S/C15H25NO2.C2H2O4/c1-3-5-10-16-11-7-12-18-15-9-6-8-14(13-15)17-4-2;3-1(4)2(5)6/h6,8-9,13,16H,3-5,7,10-12H2,1-2H3;(H,3,4)(H,5,6). The van der Waals surface area contributed by atoms with Crippen molar-refractivity contribution in [1.29, 1.82) is 0 Å². The van der Waals surface area contributed by atoms with Gasteiger partial charge in [-0.3, -0.25) is 0 Å².